The molecule has 2 aromatic rings. The Kier molecular flexibility index (Phi) is 4.07. The molecule has 2 rings (SSSR count). The number of nitrogens with zero attached hydrogens (tertiary/aromatic N) is 2. The zero-order chi connectivity index (χ0) is 15.6. The third-order valence-corrected chi connectivity index (χ3v) is 3.39. The number of aldehydes is 1. The van der Waals surface area contributed by atoms with Gasteiger partial charge in [-0.3, -0.25) is 4.79 Å². The molecule has 0 aliphatic carbocycles. The lowest BCUT2D eigenvalue weighted by Gasteiger charge is -2.08. The van der Waals surface area contributed by atoms with Crippen LogP contribution in [0, 0.1) is 0 Å². The third kappa shape index (κ3) is 2.40. The second kappa shape index (κ2) is 5.78. The zero-order valence-electron chi connectivity index (χ0n) is 12.1. The van der Waals surface area contributed by atoms with Crippen molar-refractivity contribution in [2.24, 2.45) is 7.05 Å². The average molecular weight is 288 g/mol. The van der Waals surface area contributed by atoms with E-state index in [1.807, 2.05) is 6.92 Å². The van der Waals surface area contributed by atoms with E-state index in [0.29, 0.717) is 35.5 Å². The molecule has 0 bridgehead atoms. The monoisotopic (exact) mass is 288 g/mol. The van der Waals surface area contributed by atoms with Gasteiger partial charge < -0.3 is 14.4 Å². The maximum Gasteiger partial charge on any atom is 0.338 e. The number of aromatic carboxylic acids is 1. The highest BCUT2D eigenvalue weighted by molar-refractivity contribution is 6.00. The van der Waals surface area contributed by atoms with E-state index < -0.39 is 5.97 Å². The number of carbonyl (C=O) groups excluding carboxylic acids is 1. The molecular weight excluding hydrogens is 272 g/mol. The minimum Gasteiger partial charge on any atom is -0.481 e. The van der Waals surface area contributed by atoms with Crippen LogP contribution in [0.15, 0.2) is 18.2 Å². The smallest absolute Gasteiger partial charge is 0.338 e. The fraction of sp³-hybridized carbons (Fsp3) is 0.267. The third-order valence-electron chi connectivity index (χ3n) is 3.39. The van der Waals surface area contributed by atoms with Gasteiger partial charge in [0.05, 0.1) is 29.8 Å². The van der Waals surface area contributed by atoms with Gasteiger partial charge in [0.25, 0.3) is 0 Å². The quantitative estimate of drug-likeness (QED) is 0.853. The summed E-state index contributed by atoms with van der Waals surface area (Å²) in [7, 11) is 3.17. The fourth-order valence-electron chi connectivity index (χ4n) is 2.47. The molecule has 6 nitrogen and oxygen atoms in total. The molecule has 21 heavy (non-hydrogen) atoms. The maximum absolute atomic E-state index is 11.5. The number of carboxylic acids is 1. The summed E-state index contributed by atoms with van der Waals surface area (Å²) >= 11 is 0. The van der Waals surface area contributed by atoms with Gasteiger partial charge in [0.15, 0.2) is 6.29 Å². The fourth-order valence-corrected chi connectivity index (χ4v) is 2.47. The number of rotatable bonds is 5. The Bertz CT molecular complexity index is 704. The van der Waals surface area contributed by atoms with Crippen LogP contribution in [0.1, 0.15) is 33.3 Å². The van der Waals surface area contributed by atoms with Gasteiger partial charge >= 0.3 is 5.97 Å². The zero-order valence-corrected chi connectivity index (χ0v) is 12.1. The normalized spacial score (nSPS) is 10.4. The molecule has 6 heteroatoms. The summed E-state index contributed by atoms with van der Waals surface area (Å²) in [6.07, 6.45) is 1.05. The Morgan fingerprint density at radius 3 is 2.71 bits per heavy atom. The highest BCUT2D eigenvalue weighted by Crippen LogP contribution is 2.30. The van der Waals surface area contributed by atoms with Gasteiger partial charge in [-0.2, -0.15) is 0 Å². The number of aromatic nitrogens is 2. The van der Waals surface area contributed by atoms with Crippen molar-refractivity contribution in [2.45, 2.75) is 13.3 Å². The van der Waals surface area contributed by atoms with Crippen molar-refractivity contribution >= 4 is 12.3 Å². The Labute approximate surface area is 122 Å². The number of carbonyl (C=O) groups is 2. The highest BCUT2D eigenvalue weighted by Gasteiger charge is 2.25. The van der Waals surface area contributed by atoms with Crippen molar-refractivity contribution in [3.63, 3.8) is 0 Å². The van der Waals surface area contributed by atoms with Gasteiger partial charge in [-0.1, -0.05) is 13.0 Å². The largest absolute Gasteiger partial charge is 0.481 e. The van der Waals surface area contributed by atoms with Crippen LogP contribution >= 0.6 is 0 Å². The van der Waals surface area contributed by atoms with Crippen LogP contribution in [0.25, 0.3) is 11.4 Å². The SMILES string of the molecule is CCc1c(C(=O)O)c(C=O)n(C)c1-c1cccc(OC)n1. The lowest BCUT2D eigenvalue weighted by atomic mass is 10.0. The van der Waals surface area contributed by atoms with Gasteiger partial charge in [-0.05, 0) is 18.1 Å². The minimum absolute atomic E-state index is 0.0367. The van der Waals surface area contributed by atoms with E-state index in [4.69, 9.17) is 4.74 Å². The summed E-state index contributed by atoms with van der Waals surface area (Å²) in [5.74, 6) is -0.682. The number of hydrogen-bond donors (Lipinski definition) is 1. The minimum atomic E-state index is -1.11. The van der Waals surface area contributed by atoms with E-state index in [9.17, 15) is 14.7 Å². The molecule has 0 amide bonds. The van der Waals surface area contributed by atoms with E-state index in [-0.39, 0.29) is 11.3 Å². The van der Waals surface area contributed by atoms with E-state index in [2.05, 4.69) is 4.98 Å². The molecule has 2 aromatic heterocycles. The predicted molar refractivity (Wildman–Crippen MR) is 76.9 cm³/mol. The number of carboxylic acid groups (broad SMARTS) is 1. The first-order valence-electron chi connectivity index (χ1n) is 6.46. The molecule has 0 unspecified atom stereocenters. The number of ether oxygens (including phenoxy) is 1. The van der Waals surface area contributed by atoms with Crippen LogP contribution in [0.4, 0.5) is 0 Å². The van der Waals surface area contributed by atoms with Gasteiger partial charge in [-0.25, -0.2) is 9.78 Å². The van der Waals surface area contributed by atoms with Crippen LogP contribution in [-0.2, 0) is 13.5 Å². The van der Waals surface area contributed by atoms with Gasteiger partial charge in [0.1, 0.15) is 0 Å². The molecular formula is C15H16N2O4. The molecule has 0 aliphatic heterocycles. The first-order chi connectivity index (χ1) is 10.0. The molecule has 0 spiro atoms. The van der Waals surface area contributed by atoms with E-state index in [1.165, 1.54) is 7.11 Å². The van der Waals surface area contributed by atoms with Gasteiger partial charge in [0.2, 0.25) is 5.88 Å². The first kappa shape index (κ1) is 14.8. The molecule has 2 heterocycles. The topological polar surface area (TPSA) is 81.4 Å². The van der Waals surface area contributed by atoms with Crippen molar-refractivity contribution in [1.29, 1.82) is 0 Å². The molecule has 0 atom stereocenters. The van der Waals surface area contributed by atoms with Crippen LogP contribution in [-0.4, -0.2) is 34.0 Å². The first-order valence-corrected chi connectivity index (χ1v) is 6.46. The Morgan fingerprint density at radius 2 is 2.19 bits per heavy atom. The van der Waals surface area contributed by atoms with Crippen LogP contribution < -0.4 is 4.74 Å². The van der Waals surface area contributed by atoms with Crippen molar-refractivity contribution in [3.05, 3.63) is 35.0 Å². The van der Waals surface area contributed by atoms with Crippen molar-refractivity contribution in [3.8, 4) is 17.3 Å². The molecule has 0 fully saturated rings. The van der Waals surface area contributed by atoms with Crippen LogP contribution in [0.5, 0.6) is 5.88 Å². The second-order valence-electron chi connectivity index (χ2n) is 4.49. The molecule has 0 radical (unpaired) electrons. The number of pyridine rings is 1. The predicted octanol–water partition coefficient (Wildman–Crippen LogP) is 2.17. The summed E-state index contributed by atoms with van der Waals surface area (Å²) in [5, 5.41) is 9.38. The molecule has 1 N–H and O–H groups in total. The van der Waals surface area contributed by atoms with Crippen molar-refractivity contribution < 1.29 is 19.4 Å². The molecule has 0 aromatic carbocycles. The maximum atomic E-state index is 11.5. The van der Waals surface area contributed by atoms with E-state index in [0.717, 1.165) is 0 Å². The van der Waals surface area contributed by atoms with E-state index >= 15 is 0 Å². The highest BCUT2D eigenvalue weighted by atomic mass is 16.5. The number of methoxy groups -OCH3 is 1. The second-order valence-corrected chi connectivity index (χ2v) is 4.49. The molecule has 0 aliphatic rings. The molecule has 110 valence electrons. The lowest BCUT2D eigenvalue weighted by Crippen LogP contribution is -2.04. The van der Waals surface area contributed by atoms with Crippen molar-refractivity contribution in [1.82, 2.24) is 9.55 Å². The molecule has 0 saturated carbocycles. The van der Waals surface area contributed by atoms with Gasteiger partial charge in [0, 0.05) is 13.1 Å². The standard InChI is InChI=1S/C15H16N2O4/c1-4-9-13(15(19)20)11(8-18)17(2)14(9)10-6-5-7-12(16-10)21-3/h5-8H,4H2,1-3H3,(H,19,20). The summed E-state index contributed by atoms with van der Waals surface area (Å²) in [6.45, 7) is 1.85. The van der Waals surface area contributed by atoms with Crippen LogP contribution in [0.2, 0.25) is 0 Å². The Hall–Kier alpha value is -2.63. The van der Waals surface area contributed by atoms with Crippen molar-refractivity contribution in [2.75, 3.05) is 7.11 Å². The lowest BCUT2D eigenvalue weighted by molar-refractivity contribution is 0.0692. The Balaban J connectivity index is 2.79. The average Bonchev–Trinajstić information content (AvgIpc) is 2.79. The summed E-state index contributed by atoms with van der Waals surface area (Å²) in [5.41, 5.74) is 1.96. The summed E-state index contributed by atoms with van der Waals surface area (Å²) < 4.78 is 6.66. The molecule has 0 saturated heterocycles. The Morgan fingerprint density at radius 1 is 1.48 bits per heavy atom. The summed E-state index contributed by atoms with van der Waals surface area (Å²) in [4.78, 5) is 27.0. The van der Waals surface area contributed by atoms with Crippen LogP contribution in [0.3, 0.4) is 0 Å². The van der Waals surface area contributed by atoms with Gasteiger partial charge in [-0.15, -0.1) is 0 Å². The van der Waals surface area contributed by atoms with E-state index in [1.54, 1.807) is 29.8 Å². The number of hydrogen-bond acceptors (Lipinski definition) is 4. The summed E-state index contributed by atoms with van der Waals surface area (Å²) in [6, 6.07) is 5.24.